The predicted octanol–water partition coefficient (Wildman–Crippen LogP) is 1.78. The summed E-state index contributed by atoms with van der Waals surface area (Å²) >= 11 is 0. The van der Waals surface area contributed by atoms with Gasteiger partial charge in [0.25, 0.3) is 11.5 Å². The first-order chi connectivity index (χ1) is 16.3. The van der Waals surface area contributed by atoms with Gasteiger partial charge in [-0.15, -0.1) is 0 Å². The lowest BCUT2D eigenvalue weighted by Crippen LogP contribution is -2.36. The van der Waals surface area contributed by atoms with Crippen LogP contribution in [0.4, 0.5) is 17.3 Å². The number of rotatable bonds is 8. The van der Waals surface area contributed by atoms with E-state index in [9.17, 15) is 14.7 Å². The molecule has 34 heavy (non-hydrogen) atoms. The number of aliphatic hydroxyl groups excluding tert-OH is 1. The van der Waals surface area contributed by atoms with Gasteiger partial charge in [-0.05, 0) is 25.0 Å². The molecule has 11 heteroatoms. The molecule has 0 radical (unpaired) electrons. The Morgan fingerprint density at radius 1 is 1.32 bits per heavy atom. The van der Waals surface area contributed by atoms with Gasteiger partial charge in [0.1, 0.15) is 22.9 Å². The second kappa shape index (κ2) is 9.82. The molecule has 1 saturated heterocycles. The van der Waals surface area contributed by atoms with Gasteiger partial charge < -0.3 is 30.4 Å². The van der Waals surface area contributed by atoms with E-state index in [1.54, 1.807) is 29.9 Å². The van der Waals surface area contributed by atoms with Crippen LogP contribution in [0.2, 0.25) is 0 Å². The SMILES string of the molecule is CNc1cc(Nc2cccn(C3CCOCC3)c2=O)nc2c(C(=O)NCC(C)(C)CO)cnn12. The Bertz CT molecular complexity index is 1230. The number of amides is 1. The molecule has 1 aliphatic heterocycles. The molecular weight excluding hydrogens is 438 g/mol. The maximum Gasteiger partial charge on any atom is 0.274 e. The zero-order chi connectivity index (χ0) is 24.3. The molecule has 0 spiro atoms. The highest BCUT2D eigenvalue weighted by Crippen LogP contribution is 2.23. The first kappa shape index (κ1) is 23.7. The molecule has 1 aliphatic rings. The molecule has 1 amide bonds. The lowest BCUT2D eigenvalue weighted by Gasteiger charge is -2.24. The van der Waals surface area contributed by atoms with Crippen molar-refractivity contribution in [3.63, 3.8) is 0 Å². The number of hydrogen-bond donors (Lipinski definition) is 4. The number of carbonyl (C=O) groups excluding carboxylic acids is 1. The number of hydrogen-bond acceptors (Lipinski definition) is 8. The van der Waals surface area contributed by atoms with Gasteiger partial charge in [-0.3, -0.25) is 9.59 Å². The molecule has 3 aromatic heterocycles. The molecule has 3 aromatic rings. The van der Waals surface area contributed by atoms with Crippen LogP contribution in [0.15, 0.2) is 35.4 Å². The van der Waals surface area contributed by atoms with Crippen LogP contribution in [0.1, 0.15) is 43.1 Å². The molecule has 0 saturated carbocycles. The van der Waals surface area contributed by atoms with Gasteiger partial charge in [-0.25, -0.2) is 4.98 Å². The van der Waals surface area contributed by atoms with Gasteiger partial charge in [-0.2, -0.15) is 9.61 Å². The van der Waals surface area contributed by atoms with E-state index in [0.717, 1.165) is 12.8 Å². The Balaban J connectivity index is 1.64. The first-order valence-electron chi connectivity index (χ1n) is 11.3. The Hall–Kier alpha value is -3.44. The monoisotopic (exact) mass is 469 g/mol. The van der Waals surface area contributed by atoms with Crippen LogP contribution < -0.4 is 21.5 Å². The van der Waals surface area contributed by atoms with Gasteiger partial charge >= 0.3 is 0 Å². The van der Waals surface area contributed by atoms with Gasteiger partial charge in [0.05, 0.1) is 6.20 Å². The molecule has 11 nitrogen and oxygen atoms in total. The van der Waals surface area contributed by atoms with E-state index < -0.39 is 5.41 Å². The second-order valence-corrected chi connectivity index (χ2v) is 9.18. The van der Waals surface area contributed by atoms with Crippen molar-refractivity contribution in [1.29, 1.82) is 0 Å². The van der Waals surface area contributed by atoms with Crippen LogP contribution in [0.5, 0.6) is 0 Å². The Morgan fingerprint density at radius 2 is 2.09 bits per heavy atom. The fourth-order valence-corrected chi connectivity index (χ4v) is 3.83. The minimum absolute atomic E-state index is 0.0548. The molecule has 0 aliphatic carbocycles. The molecule has 4 N–H and O–H groups in total. The average Bonchev–Trinajstić information content (AvgIpc) is 3.28. The van der Waals surface area contributed by atoms with Crippen LogP contribution in [-0.2, 0) is 4.74 Å². The topological polar surface area (TPSA) is 135 Å². The van der Waals surface area contributed by atoms with Crippen molar-refractivity contribution in [2.24, 2.45) is 5.41 Å². The molecule has 0 bridgehead atoms. The summed E-state index contributed by atoms with van der Waals surface area (Å²) in [5, 5.41) is 22.7. The summed E-state index contributed by atoms with van der Waals surface area (Å²) in [5.74, 6) is 0.664. The standard InChI is InChI=1S/C23H31N7O4/c1-23(2,14-31)13-25-21(32)16-12-26-30-19(24-3)11-18(28-20(16)30)27-17-5-4-8-29(22(17)33)15-6-9-34-10-7-15/h4-5,8,11-12,15,24,31H,6-7,9-10,13-14H2,1-3H3,(H,25,32)(H,27,28). The highest BCUT2D eigenvalue weighted by atomic mass is 16.5. The van der Waals surface area contributed by atoms with Crippen LogP contribution in [0, 0.1) is 5.41 Å². The van der Waals surface area contributed by atoms with Crippen molar-refractivity contribution < 1.29 is 14.6 Å². The lowest BCUT2D eigenvalue weighted by molar-refractivity contribution is 0.0687. The molecule has 4 rings (SSSR count). The smallest absolute Gasteiger partial charge is 0.274 e. The molecule has 182 valence electrons. The number of pyridine rings is 1. The normalized spacial score (nSPS) is 14.8. The van der Waals surface area contributed by atoms with Gasteiger partial charge in [-0.1, -0.05) is 13.8 Å². The van der Waals surface area contributed by atoms with Crippen molar-refractivity contribution in [3.05, 3.63) is 46.5 Å². The average molecular weight is 470 g/mol. The first-order valence-corrected chi connectivity index (χ1v) is 11.3. The summed E-state index contributed by atoms with van der Waals surface area (Å²) < 4.78 is 8.69. The number of carbonyl (C=O) groups is 1. The largest absolute Gasteiger partial charge is 0.396 e. The molecule has 4 heterocycles. The summed E-state index contributed by atoms with van der Waals surface area (Å²) in [6.07, 6.45) is 4.83. The summed E-state index contributed by atoms with van der Waals surface area (Å²) in [7, 11) is 1.74. The summed E-state index contributed by atoms with van der Waals surface area (Å²) in [4.78, 5) is 30.6. The van der Waals surface area contributed by atoms with Crippen LogP contribution in [0.3, 0.4) is 0 Å². The van der Waals surface area contributed by atoms with Crippen molar-refractivity contribution in [2.75, 3.05) is 44.0 Å². The summed E-state index contributed by atoms with van der Waals surface area (Å²) in [5.41, 5.74) is 0.436. The molecule has 0 aromatic carbocycles. The Morgan fingerprint density at radius 3 is 2.79 bits per heavy atom. The van der Waals surface area contributed by atoms with Crippen LogP contribution in [-0.4, -0.2) is 63.6 Å². The van der Waals surface area contributed by atoms with E-state index in [1.165, 1.54) is 10.7 Å². The number of nitrogens with one attached hydrogen (secondary N) is 3. The highest BCUT2D eigenvalue weighted by Gasteiger charge is 2.22. The van der Waals surface area contributed by atoms with Crippen molar-refractivity contribution in [1.82, 2.24) is 24.5 Å². The highest BCUT2D eigenvalue weighted by molar-refractivity contribution is 6.00. The molecular formula is C23H31N7O4. The molecule has 1 fully saturated rings. The predicted molar refractivity (Wildman–Crippen MR) is 129 cm³/mol. The molecule has 0 unspecified atom stereocenters. The Labute approximate surface area is 197 Å². The maximum atomic E-state index is 13.1. The number of fused-ring (bicyclic) bond motifs is 1. The zero-order valence-electron chi connectivity index (χ0n) is 19.7. The van der Waals surface area contributed by atoms with E-state index in [4.69, 9.17) is 4.74 Å². The number of aromatic nitrogens is 4. The fourth-order valence-electron chi connectivity index (χ4n) is 3.83. The minimum atomic E-state index is -0.452. The quantitative estimate of drug-likeness (QED) is 0.392. The number of nitrogens with zero attached hydrogens (tertiary/aromatic N) is 4. The third kappa shape index (κ3) is 4.90. The van der Waals surface area contributed by atoms with E-state index in [0.29, 0.717) is 48.3 Å². The third-order valence-electron chi connectivity index (χ3n) is 5.95. The summed E-state index contributed by atoms with van der Waals surface area (Å²) in [6.45, 7) is 5.23. The third-order valence-corrected chi connectivity index (χ3v) is 5.95. The summed E-state index contributed by atoms with van der Waals surface area (Å²) in [6, 6.07) is 5.36. The van der Waals surface area contributed by atoms with Crippen molar-refractivity contribution in [2.45, 2.75) is 32.7 Å². The minimum Gasteiger partial charge on any atom is -0.396 e. The van der Waals surface area contributed by atoms with Crippen molar-refractivity contribution >= 4 is 28.9 Å². The Kier molecular flexibility index (Phi) is 6.85. The maximum absolute atomic E-state index is 13.1. The van der Waals surface area contributed by atoms with Gasteiger partial charge in [0, 0.05) is 57.1 Å². The van der Waals surface area contributed by atoms with Crippen LogP contribution >= 0.6 is 0 Å². The second-order valence-electron chi connectivity index (χ2n) is 9.18. The number of aliphatic hydroxyl groups is 1. The van der Waals surface area contributed by atoms with Gasteiger partial charge in [0.2, 0.25) is 0 Å². The molecule has 0 atom stereocenters. The zero-order valence-corrected chi connectivity index (χ0v) is 19.7. The lowest BCUT2D eigenvalue weighted by atomic mass is 9.95. The van der Waals surface area contributed by atoms with Gasteiger partial charge in [0.15, 0.2) is 5.65 Å². The van der Waals surface area contributed by atoms with Crippen LogP contribution in [0.25, 0.3) is 5.65 Å². The van der Waals surface area contributed by atoms with E-state index in [-0.39, 0.29) is 24.1 Å². The van der Waals surface area contributed by atoms with E-state index in [2.05, 4.69) is 26.0 Å². The fraction of sp³-hybridized carbons (Fsp3) is 0.478. The van der Waals surface area contributed by atoms with E-state index >= 15 is 0 Å². The van der Waals surface area contributed by atoms with E-state index in [1.807, 2.05) is 19.9 Å². The number of ether oxygens (including phenoxy) is 1. The number of anilines is 3. The van der Waals surface area contributed by atoms with Crippen molar-refractivity contribution in [3.8, 4) is 0 Å².